The Kier molecular flexibility index (Phi) is 6.03. The van der Waals surface area contributed by atoms with Crippen LogP contribution in [0.5, 0.6) is 0 Å². The predicted molar refractivity (Wildman–Crippen MR) is 113 cm³/mol. The van der Waals surface area contributed by atoms with Gasteiger partial charge in [0.2, 0.25) is 5.91 Å². The second-order valence-corrected chi connectivity index (χ2v) is 8.30. The highest BCUT2D eigenvalue weighted by atomic mass is 19.1. The Morgan fingerprint density at radius 1 is 1.12 bits per heavy atom. The molecule has 1 saturated heterocycles. The first kappa shape index (κ1) is 21.7. The van der Waals surface area contributed by atoms with E-state index in [-0.39, 0.29) is 35.7 Å². The van der Waals surface area contributed by atoms with E-state index in [2.05, 4.69) is 10.5 Å². The van der Waals surface area contributed by atoms with E-state index in [0.717, 1.165) is 0 Å². The molecule has 0 radical (unpaired) electrons. The van der Waals surface area contributed by atoms with Crippen molar-refractivity contribution in [3.05, 3.63) is 77.5 Å². The van der Waals surface area contributed by atoms with Crippen molar-refractivity contribution >= 4 is 11.8 Å². The summed E-state index contributed by atoms with van der Waals surface area (Å²) in [5, 5.41) is 6.84. The molecule has 4 rings (SSSR count). The highest BCUT2D eigenvalue weighted by molar-refractivity contribution is 5.97. The van der Waals surface area contributed by atoms with Gasteiger partial charge in [-0.3, -0.25) is 9.59 Å². The van der Waals surface area contributed by atoms with Gasteiger partial charge in [0, 0.05) is 18.2 Å². The molecular formula is C24H23F2N3O3. The Hall–Kier alpha value is -3.55. The van der Waals surface area contributed by atoms with Crippen LogP contribution in [0.2, 0.25) is 0 Å². The maximum absolute atomic E-state index is 13.4. The van der Waals surface area contributed by atoms with Crippen LogP contribution >= 0.6 is 0 Å². The van der Waals surface area contributed by atoms with Gasteiger partial charge in [-0.2, -0.15) is 0 Å². The second kappa shape index (κ2) is 8.90. The van der Waals surface area contributed by atoms with Gasteiger partial charge in [0.05, 0.1) is 6.04 Å². The van der Waals surface area contributed by atoms with Crippen molar-refractivity contribution in [1.82, 2.24) is 15.4 Å². The highest BCUT2D eigenvalue weighted by Gasteiger charge is 2.39. The van der Waals surface area contributed by atoms with Crippen LogP contribution in [0.25, 0.3) is 11.3 Å². The van der Waals surface area contributed by atoms with Crippen LogP contribution in [0.1, 0.15) is 42.4 Å². The van der Waals surface area contributed by atoms with E-state index in [0.29, 0.717) is 23.3 Å². The van der Waals surface area contributed by atoms with Crippen LogP contribution in [-0.4, -0.2) is 34.5 Å². The molecule has 32 heavy (non-hydrogen) atoms. The fourth-order valence-corrected chi connectivity index (χ4v) is 3.84. The van der Waals surface area contributed by atoms with Gasteiger partial charge in [0.25, 0.3) is 5.91 Å². The third-order valence-corrected chi connectivity index (χ3v) is 5.46. The number of piperazine rings is 1. The number of carbonyl (C=O) groups excluding carboxylic acids is 2. The Morgan fingerprint density at radius 3 is 2.38 bits per heavy atom. The standard InChI is InChI=1S/C24H23F2N3O3/c1-14(2)11-21-23(30)27-20(15-3-7-17(25)8-4-15)13-29(21)24(31)19-12-22(32-28-19)16-5-9-18(26)10-6-16/h3-10,12,14,20-21H,11,13H2,1-2H3,(H,27,30). The molecule has 0 bridgehead atoms. The van der Waals surface area contributed by atoms with Crippen molar-refractivity contribution in [2.45, 2.75) is 32.4 Å². The lowest BCUT2D eigenvalue weighted by molar-refractivity contribution is -0.130. The van der Waals surface area contributed by atoms with E-state index >= 15 is 0 Å². The lowest BCUT2D eigenvalue weighted by Crippen LogP contribution is -2.58. The minimum absolute atomic E-state index is 0.0608. The van der Waals surface area contributed by atoms with E-state index in [1.54, 1.807) is 12.1 Å². The van der Waals surface area contributed by atoms with Gasteiger partial charge in [-0.05, 0) is 54.3 Å². The summed E-state index contributed by atoms with van der Waals surface area (Å²) in [6, 6.07) is 11.8. The first-order valence-electron chi connectivity index (χ1n) is 10.4. The van der Waals surface area contributed by atoms with E-state index in [1.807, 2.05) is 13.8 Å². The van der Waals surface area contributed by atoms with E-state index in [4.69, 9.17) is 4.52 Å². The summed E-state index contributed by atoms with van der Waals surface area (Å²) in [7, 11) is 0. The molecule has 1 N–H and O–H groups in total. The topological polar surface area (TPSA) is 75.4 Å². The van der Waals surface area contributed by atoms with Crippen LogP contribution in [0.3, 0.4) is 0 Å². The monoisotopic (exact) mass is 439 g/mol. The molecule has 0 spiro atoms. The lowest BCUT2D eigenvalue weighted by Gasteiger charge is -2.40. The summed E-state index contributed by atoms with van der Waals surface area (Å²) in [5.41, 5.74) is 1.34. The zero-order valence-electron chi connectivity index (χ0n) is 17.7. The van der Waals surface area contributed by atoms with Crippen molar-refractivity contribution in [2.24, 2.45) is 5.92 Å². The number of nitrogens with one attached hydrogen (secondary N) is 1. The van der Waals surface area contributed by atoms with Crippen LogP contribution in [0.15, 0.2) is 59.1 Å². The van der Waals surface area contributed by atoms with E-state index < -0.39 is 18.0 Å². The third kappa shape index (κ3) is 4.54. The molecule has 0 aliphatic carbocycles. The van der Waals surface area contributed by atoms with Gasteiger partial charge in [0.1, 0.15) is 17.7 Å². The number of halogens is 2. The molecule has 2 amide bonds. The Morgan fingerprint density at radius 2 is 1.75 bits per heavy atom. The van der Waals surface area contributed by atoms with Gasteiger partial charge in [-0.1, -0.05) is 31.1 Å². The largest absolute Gasteiger partial charge is 0.355 e. The first-order chi connectivity index (χ1) is 15.3. The van der Waals surface area contributed by atoms with E-state index in [9.17, 15) is 18.4 Å². The normalized spacial score (nSPS) is 18.7. The lowest BCUT2D eigenvalue weighted by atomic mass is 9.95. The fourth-order valence-electron chi connectivity index (χ4n) is 3.84. The zero-order chi connectivity index (χ0) is 22.8. The minimum atomic E-state index is -0.662. The Balaban J connectivity index is 1.62. The van der Waals surface area contributed by atoms with Crippen molar-refractivity contribution in [1.29, 1.82) is 0 Å². The minimum Gasteiger partial charge on any atom is -0.355 e. The van der Waals surface area contributed by atoms with Gasteiger partial charge < -0.3 is 14.7 Å². The third-order valence-electron chi connectivity index (χ3n) is 5.46. The summed E-state index contributed by atoms with van der Waals surface area (Å²) in [5.74, 6) is -0.963. The average Bonchev–Trinajstić information content (AvgIpc) is 3.25. The van der Waals surface area contributed by atoms with Gasteiger partial charge in [0.15, 0.2) is 11.5 Å². The summed E-state index contributed by atoms with van der Waals surface area (Å²) in [4.78, 5) is 27.8. The molecule has 3 aromatic rings. The number of aromatic nitrogens is 1. The maximum atomic E-state index is 13.4. The summed E-state index contributed by atoms with van der Waals surface area (Å²) in [6.45, 7) is 4.17. The smallest absolute Gasteiger partial charge is 0.276 e. The highest BCUT2D eigenvalue weighted by Crippen LogP contribution is 2.27. The number of rotatable bonds is 5. The van der Waals surface area contributed by atoms with Crippen molar-refractivity contribution in [3.63, 3.8) is 0 Å². The number of nitrogens with zero attached hydrogens (tertiary/aromatic N) is 2. The predicted octanol–water partition coefficient (Wildman–Crippen LogP) is 4.35. The number of hydrogen-bond acceptors (Lipinski definition) is 4. The molecule has 166 valence electrons. The van der Waals surface area contributed by atoms with E-state index in [1.165, 1.54) is 47.4 Å². The fraction of sp³-hybridized carbons (Fsp3) is 0.292. The number of benzene rings is 2. The summed E-state index contributed by atoms with van der Waals surface area (Å²) >= 11 is 0. The second-order valence-electron chi connectivity index (χ2n) is 8.30. The molecule has 1 aliphatic heterocycles. The van der Waals surface area contributed by atoms with Crippen molar-refractivity contribution in [3.8, 4) is 11.3 Å². The molecule has 2 unspecified atom stereocenters. The van der Waals surface area contributed by atoms with Gasteiger partial charge in [-0.25, -0.2) is 8.78 Å². The average molecular weight is 439 g/mol. The zero-order valence-corrected chi connectivity index (χ0v) is 17.7. The molecule has 8 heteroatoms. The molecular weight excluding hydrogens is 416 g/mol. The molecule has 1 fully saturated rings. The van der Waals surface area contributed by atoms with Gasteiger partial charge in [-0.15, -0.1) is 0 Å². The van der Waals surface area contributed by atoms with Crippen LogP contribution < -0.4 is 5.32 Å². The summed E-state index contributed by atoms with van der Waals surface area (Å²) < 4.78 is 31.8. The Bertz CT molecular complexity index is 1110. The molecule has 2 atom stereocenters. The quantitative estimate of drug-likeness (QED) is 0.642. The first-order valence-corrected chi connectivity index (χ1v) is 10.4. The van der Waals surface area contributed by atoms with Gasteiger partial charge >= 0.3 is 0 Å². The number of hydrogen-bond donors (Lipinski definition) is 1. The molecule has 1 aliphatic rings. The van der Waals surface area contributed by atoms with Crippen LogP contribution in [0, 0.1) is 17.6 Å². The van der Waals surface area contributed by atoms with Crippen LogP contribution in [-0.2, 0) is 4.79 Å². The SMILES string of the molecule is CC(C)CC1C(=O)NC(c2ccc(F)cc2)CN1C(=O)c1cc(-c2ccc(F)cc2)on1. The molecule has 2 aromatic carbocycles. The Labute approximate surface area is 184 Å². The van der Waals surface area contributed by atoms with Crippen molar-refractivity contribution in [2.75, 3.05) is 6.54 Å². The number of carbonyl (C=O) groups is 2. The van der Waals surface area contributed by atoms with Crippen molar-refractivity contribution < 1.29 is 22.9 Å². The molecule has 6 nitrogen and oxygen atoms in total. The molecule has 2 heterocycles. The van der Waals surface area contributed by atoms with Crippen LogP contribution in [0.4, 0.5) is 8.78 Å². The maximum Gasteiger partial charge on any atom is 0.276 e. The summed E-state index contributed by atoms with van der Waals surface area (Å²) in [6.07, 6.45) is 0.483. The molecule has 1 aromatic heterocycles. The molecule has 0 saturated carbocycles. The number of amides is 2.